The maximum Gasteiger partial charge on any atom is 0.0561 e. The van der Waals surface area contributed by atoms with E-state index in [-0.39, 0.29) is 0 Å². The monoisotopic (exact) mass is 384 g/mol. The Kier molecular flexibility index (Phi) is 3.82. The molecule has 0 unspecified atom stereocenters. The van der Waals surface area contributed by atoms with E-state index in [1.54, 1.807) is 0 Å². The van der Waals surface area contributed by atoms with Crippen molar-refractivity contribution in [1.82, 2.24) is 4.57 Å². The minimum atomic E-state index is 1.08. The molecule has 0 bridgehead atoms. The first-order valence-electron chi connectivity index (χ1n) is 10.2. The molecule has 1 aromatic heterocycles. The fourth-order valence-electron chi connectivity index (χ4n) is 4.34. The maximum atomic E-state index is 3.60. The van der Waals surface area contributed by atoms with Crippen LogP contribution in [0.5, 0.6) is 0 Å². The molecule has 6 rings (SSSR count). The number of benzene rings is 5. The first-order valence-corrected chi connectivity index (χ1v) is 10.2. The van der Waals surface area contributed by atoms with E-state index in [4.69, 9.17) is 0 Å². The van der Waals surface area contributed by atoms with Gasteiger partial charge in [0.05, 0.1) is 11.0 Å². The normalized spacial score (nSPS) is 11.3. The Bertz CT molecular complexity index is 1510. The van der Waals surface area contributed by atoms with Crippen molar-refractivity contribution in [2.75, 3.05) is 5.32 Å². The number of rotatable bonds is 3. The van der Waals surface area contributed by atoms with Gasteiger partial charge < -0.3 is 9.88 Å². The van der Waals surface area contributed by atoms with Gasteiger partial charge in [-0.15, -0.1) is 0 Å². The number of hydrogen-bond donors (Lipinski definition) is 1. The Morgan fingerprint density at radius 3 is 2.03 bits per heavy atom. The van der Waals surface area contributed by atoms with Crippen LogP contribution in [0.15, 0.2) is 115 Å². The minimum Gasteiger partial charge on any atom is -0.355 e. The molecule has 0 spiro atoms. The van der Waals surface area contributed by atoms with Crippen LogP contribution in [0.1, 0.15) is 0 Å². The van der Waals surface area contributed by atoms with Gasteiger partial charge in [0.25, 0.3) is 0 Å². The zero-order valence-corrected chi connectivity index (χ0v) is 16.4. The molecule has 0 radical (unpaired) electrons. The van der Waals surface area contributed by atoms with Crippen molar-refractivity contribution in [1.29, 1.82) is 0 Å². The van der Waals surface area contributed by atoms with Gasteiger partial charge in [0, 0.05) is 27.8 Å². The lowest BCUT2D eigenvalue weighted by molar-refractivity contribution is 1.18. The van der Waals surface area contributed by atoms with Crippen LogP contribution >= 0.6 is 0 Å². The molecule has 142 valence electrons. The predicted octanol–water partition coefficient (Wildman–Crippen LogP) is 7.68. The van der Waals surface area contributed by atoms with Gasteiger partial charge in [-0.3, -0.25) is 0 Å². The summed E-state index contributed by atoms with van der Waals surface area (Å²) in [5.41, 5.74) is 5.77. The van der Waals surface area contributed by atoms with Gasteiger partial charge in [0.15, 0.2) is 0 Å². The molecule has 30 heavy (non-hydrogen) atoms. The summed E-state index contributed by atoms with van der Waals surface area (Å²) in [5, 5.41) is 8.62. The van der Waals surface area contributed by atoms with Crippen LogP contribution in [-0.4, -0.2) is 4.57 Å². The Labute approximate surface area is 175 Å². The molecular weight excluding hydrogens is 364 g/mol. The van der Waals surface area contributed by atoms with Crippen molar-refractivity contribution in [3.63, 3.8) is 0 Å². The standard InChI is InChI=1S/C28H20N2/c1-2-10-24(11-3-1)30-27-13-7-6-12-25(27)26-17-16-23(19-28(26)30)29-22-15-14-20-8-4-5-9-21(20)18-22/h1-19,29H. The highest BCUT2D eigenvalue weighted by molar-refractivity contribution is 6.10. The Morgan fingerprint density at radius 1 is 0.467 bits per heavy atom. The van der Waals surface area contributed by atoms with Crippen molar-refractivity contribution in [2.45, 2.75) is 0 Å². The van der Waals surface area contributed by atoms with Gasteiger partial charge in [0.2, 0.25) is 0 Å². The third-order valence-corrected chi connectivity index (χ3v) is 5.73. The van der Waals surface area contributed by atoms with Gasteiger partial charge in [-0.1, -0.05) is 72.8 Å². The van der Waals surface area contributed by atoms with E-state index in [0.717, 1.165) is 11.4 Å². The largest absolute Gasteiger partial charge is 0.355 e. The summed E-state index contributed by atoms with van der Waals surface area (Å²) in [6, 6.07) is 40.8. The number of nitrogens with zero attached hydrogens (tertiary/aromatic N) is 1. The summed E-state index contributed by atoms with van der Waals surface area (Å²) in [7, 11) is 0. The number of hydrogen-bond acceptors (Lipinski definition) is 1. The molecule has 0 aliphatic carbocycles. The van der Waals surface area contributed by atoms with Crippen molar-refractivity contribution in [3.8, 4) is 5.69 Å². The van der Waals surface area contributed by atoms with Gasteiger partial charge in [-0.25, -0.2) is 0 Å². The molecule has 5 aromatic carbocycles. The van der Waals surface area contributed by atoms with Crippen LogP contribution in [0.25, 0.3) is 38.3 Å². The summed E-state index contributed by atoms with van der Waals surface area (Å²) in [4.78, 5) is 0. The van der Waals surface area contributed by atoms with Crippen LogP contribution in [-0.2, 0) is 0 Å². The smallest absolute Gasteiger partial charge is 0.0561 e. The zero-order valence-electron chi connectivity index (χ0n) is 16.4. The van der Waals surface area contributed by atoms with Crippen molar-refractivity contribution >= 4 is 44.0 Å². The topological polar surface area (TPSA) is 17.0 Å². The molecule has 0 aliphatic rings. The second-order valence-corrected chi connectivity index (χ2v) is 7.61. The Hall–Kier alpha value is -4.04. The molecule has 1 heterocycles. The van der Waals surface area contributed by atoms with Gasteiger partial charge in [-0.05, 0) is 53.2 Å². The fraction of sp³-hybridized carbons (Fsp3) is 0. The minimum absolute atomic E-state index is 1.08. The molecule has 0 atom stereocenters. The van der Waals surface area contributed by atoms with E-state index in [0.29, 0.717) is 0 Å². The van der Waals surface area contributed by atoms with Gasteiger partial charge >= 0.3 is 0 Å². The molecule has 2 nitrogen and oxygen atoms in total. The molecule has 0 saturated heterocycles. The van der Waals surface area contributed by atoms with Crippen LogP contribution in [0.3, 0.4) is 0 Å². The third-order valence-electron chi connectivity index (χ3n) is 5.73. The molecule has 1 N–H and O–H groups in total. The average molecular weight is 384 g/mol. The molecule has 6 aromatic rings. The van der Waals surface area contributed by atoms with Crippen LogP contribution in [0.2, 0.25) is 0 Å². The van der Waals surface area contributed by atoms with Crippen LogP contribution in [0, 0.1) is 0 Å². The molecule has 0 saturated carbocycles. The predicted molar refractivity (Wildman–Crippen MR) is 128 cm³/mol. The quantitative estimate of drug-likeness (QED) is 0.331. The van der Waals surface area contributed by atoms with Crippen LogP contribution < -0.4 is 5.32 Å². The van der Waals surface area contributed by atoms with Crippen molar-refractivity contribution in [3.05, 3.63) is 115 Å². The Balaban J connectivity index is 1.52. The second kappa shape index (κ2) is 6.78. The number of fused-ring (bicyclic) bond motifs is 4. The lowest BCUT2D eigenvalue weighted by Gasteiger charge is -2.10. The van der Waals surface area contributed by atoms with E-state index in [2.05, 4.69) is 125 Å². The SMILES string of the molecule is c1ccc(-n2c3ccccc3c3ccc(Nc4ccc5ccccc5c4)cc32)cc1. The first kappa shape index (κ1) is 16.9. The van der Waals surface area contributed by atoms with E-state index in [9.17, 15) is 0 Å². The van der Waals surface area contributed by atoms with Crippen molar-refractivity contribution < 1.29 is 0 Å². The summed E-state index contributed by atoms with van der Waals surface area (Å²) in [6.07, 6.45) is 0. The lowest BCUT2D eigenvalue weighted by Crippen LogP contribution is -1.94. The van der Waals surface area contributed by atoms with Gasteiger partial charge in [-0.2, -0.15) is 0 Å². The zero-order chi connectivity index (χ0) is 19.9. The van der Waals surface area contributed by atoms with E-state index in [1.165, 1.54) is 38.3 Å². The highest BCUT2D eigenvalue weighted by atomic mass is 15.0. The fourth-order valence-corrected chi connectivity index (χ4v) is 4.34. The first-order chi connectivity index (χ1) is 14.9. The molecular formula is C28H20N2. The number of para-hydroxylation sites is 2. The third kappa shape index (κ3) is 2.73. The number of aromatic nitrogens is 1. The molecule has 0 amide bonds. The van der Waals surface area contributed by atoms with E-state index >= 15 is 0 Å². The highest BCUT2D eigenvalue weighted by Gasteiger charge is 2.12. The lowest BCUT2D eigenvalue weighted by atomic mass is 10.1. The van der Waals surface area contributed by atoms with Gasteiger partial charge in [0.1, 0.15) is 0 Å². The number of nitrogens with one attached hydrogen (secondary N) is 1. The van der Waals surface area contributed by atoms with Crippen molar-refractivity contribution in [2.24, 2.45) is 0 Å². The summed E-state index contributed by atoms with van der Waals surface area (Å²) < 4.78 is 2.34. The average Bonchev–Trinajstić information content (AvgIpc) is 3.13. The molecule has 2 heteroatoms. The summed E-state index contributed by atoms with van der Waals surface area (Å²) in [6.45, 7) is 0. The second-order valence-electron chi connectivity index (χ2n) is 7.61. The maximum absolute atomic E-state index is 3.60. The summed E-state index contributed by atoms with van der Waals surface area (Å²) >= 11 is 0. The number of anilines is 2. The molecule has 0 aliphatic heterocycles. The Morgan fingerprint density at radius 2 is 1.13 bits per heavy atom. The summed E-state index contributed by atoms with van der Waals surface area (Å²) in [5.74, 6) is 0. The van der Waals surface area contributed by atoms with E-state index in [1.807, 2.05) is 0 Å². The molecule has 0 fully saturated rings. The van der Waals surface area contributed by atoms with E-state index < -0.39 is 0 Å². The van der Waals surface area contributed by atoms with Crippen LogP contribution in [0.4, 0.5) is 11.4 Å². The highest BCUT2D eigenvalue weighted by Crippen LogP contribution is 2.34.